The number of unbranched alkanes of at least 4 members (excludes halogenated alkanes) is 3. The number of hydrogen-bond donors (Lipinski definition) is 2. The van der Waals surface area contributed by atoms with Crippen molar-refractivity contribution in [1.82, 2.24) is 0 Å². The first-order valence-corrected chi connectivity index (χ1v) is 11.2. The molecule has 1 aliphatic rings. The zero-order valence-corrected chi connectivity index (χ0v) is 18.0. The molecule has 0 aliphatic heterocycles. The molecule has 3 unspecified atom stereocenters. The molecule has 0 saturated heterocycles. The summed E-state index contributed by atoms with van der Waals surface area (Å²) in [7, 11) is 0. The zero-order valence-electron chi connectivity index (χ0n) is 16.5. The molecule has 1 aromatic carbocycles. The maximum Gasteiger partial charge on any atom is 0.303 e. The van der Waals surface area contributed by atoms with Crippen LogP contribution in [0.15, 0.2) is 24.3 Å². The molecule has 28 heavy (non-hydrogen) atoms. The van der Waals surface area contributed by atoms with Crippen LogP contribution in [0.4, 0.5) is 0 Å². The van der Waals surface area contributed by atoms with Gasteiger partial charge in [-0.05, 0) is 48.8 Å². The van der Waals surface area contributed by atoms with Gasteiger partial charge in [0.15, 0.2) is 0 Å². The number of hydrogen-bond acceptors (Lipinski definition) is 2. The van der Waals surface area contributed by atoms with Crippen molar-refractivity contribution in [3.63, 3.8) is 0 Å². The predicted octanol–water partition coefficient (Wildman–Crippen LogP) is 6.99. The molecule has 3 atom stereocenters. The summed E-state index contributed by atoms with van der Waals surface area (Å²) in [5.74, 6) is 0.782. The van der Waals surface area contributed by atoms with Crippen LogP contribution in [0.5, 0.6) is 0 Å². The van der Waals surface area contributed by atoms with Crippen LogP contribution in [0.1, 0.15) is 76.2 Å². The normalized spacial score (nSPS) is 20.7. The van der Waals surface area contributed by atoms with E-state index in [0.717, 1.165) is 43.6 Å². The molecular weight excluding hydrogens is 395 g/mol. The van der Waals surface area contributed by atoms with Crippen molar-refractivity contribution in [2.45, 2.75) is 76.7 Å². The fourth-order valence-corrected chi connectivity index (χ4v) is 4.71. The third kappa shape index (κ3) is 8.55. The van der Waals surface area contributed by atoms with E-state index in [4.69, 9.17) is 28.3 Å². The molecule has 0 aromatic heterocycles. The van der Waals surface area contributed by atoms with Gasteiger partial charge >= 0.3 is 5.97 Å². The zero-order chi connectivity index (χ0) is 20.4. The summed E-state index contributed by atoms with van der Waals surface area (Å²) in [6.07, 6.45) is 14.6. The van der Waals surface area contributed by atoms with Crippen LogP contribution < -0.4 is 0 Å². The average Bonchev–Trinajstić information content (AvgIpc) is 3.09. The number of carbonyl (C=O) groups is 1. The second-order valence-corrected chi connectivity index (χ2v) is 8.81. The SMILES string of the molecule is O=C(O)CCCCCCC1CCCC1CCC(O)C=Cc1ccc(Cl)cc1Cl. The van der Waals surface area contributed by atoms with E-state index in [-0.39, 0.29) is 0 Å². The molecule has 1 aliphatic carbocycles. The smallest absolute Gasteiger partial charge is 0.303 e. The van der Waals surface area contributed by atoms with Crippen LogP contribution in [0.2, 0.25) is 10.0 Å². The van der Waals surface area contributed by atoms with Gasteiger partial charge in [0.25, 0.3) is 0 Å². The molecule has 0 bridgehead atoms. The maximum absolute atomic E-state index is 10.5. The monoisotopic (exact) mass is 426 g/mol. The van der Waals surface area contributed by atoms with Gasteiger partial charge in [0, 0.05) is 16.5 Å². The standard InChI is InChI=1S/C23H32Cl2O3/c24-20-13-10-19(22(25)16-20)12-15-21(26)14-11-18-8-5-7-17(18)6-3-1-2-4-9-23(27)28/h10,12-13,15-18,21,26H,1-9,11,14H2,(H,27,28). The van der Waals surface area contributed by atoms with E-state index >= 15 is 0 Å². The Balaban J connectivity index is 1.67. The Hall–Kier alpha value is -1.03. The van der Waals surface area contributed by atoms with Gasteiger partial charge < -0.3 is 10.2 Å². The summed E-state index contributed by atoms with van der Waals surface area (Å²) in [6, 6.07) is 5.36. The highest BCUT2D eigenvalue weighted by Gasteiger charge is 2.26. The highest BCUT2D eigenvalue weighted by Crippen LogP contribution is 2.38. The van der Waals surface area contributed by atoms with Crippen LogP contribution in [0, 0.1) is 11.8 Å². The fraction of sp³-hybridized carbons (Fsp3) is 0.609. The van der Waals surface area contributed by atoms with Crippen molar-refractivity contribution in [1.29, 1.82) is 0 Å². The molecular formula is C23H32Cl2O3. The van der Waals surface area contributed by atoms with Crippen LogP contribution >= 0.6 is 23.2 Å². The number of aliphatic carboxylic acids is 1. The molecule has 5 heteroatoms. The Kier molecular flexibility index (Phi) is 10.4. The largest absolute Gasteiger partial charge is 0.481 e. The summed E-state index contributed by atoms with van der Waals surface area (Å²) in [6.45, 7) is 0. The number of aliphatic hydroxyl groups is 1. The lowest BCUT2D eigenvalue weighted by Gasteiger charge is -2.20. The lowest BCUT2D eigenvalue weighted by atomic mass is 9.86. The highest BCUT2D eigenvalue weighted by atomic mass is 35.5. The summed E-state index contributed by atoms with van der Waals surface area (Å²) in [4.78, 5) is 10.5. The Morgan fingerprint density at radius 3 is 2.54 bits per heavy atom. The summed E-state index contributed by atoms with van der Waals surface area (Å²) in [5, 5.41) is 20.2. The summed E-state index contributed by atoms with van der Waals surface area (Å²) >= 11 is 12.1. The quantitative estimate of drug-likeness (QED) is 0.354. The first-order valence-electron chi connectivity index (χ1n) is 10.5. The van der Waals surface area contributed by atoms with Gasteiger partial charge in [-0.25, -0.2) is 0 Å². The number of rotatable bonds is 12. The third-order valence-corrected chi connectivity index (χ3v) is 6.39. The molecule has 0 heterocycles. The van der Waals surface area contributed by atoms with Gasteiger partial charge in [0.05, 0.1) is 6.10 Å². The van der Waals surface area contributed by atoms with Crippen LogP contribution in [0.25, 0.3) is 6.08 Å². The van der Waals surface area contributed by atoms with Crippen molar-refractivity contribution in [3.05, 3.63) is 39.9 Å². The van der Waals surface area contributed by atoms with Crippen molar-refractivity contribution in [2.24, 2.45) is 11.8 Å². The Labute approximate surface area is 178 Å². The number of benzene rings is 1. The number of carboxylic acids is 1. The van der Waals surface area contributed by atoms with Gasteiger partial charge in [-0.2, -0.15) is 0 Å². The molecule has 0 spiro atoms. The van der Waals surface area contributed by atoms with E-state index in [2.05, 4.69) is 0 Å². The number of halogens is 2. The van der Waals surface area contributed by atoms with E-state index in [1.165, 1.54) is 32.1 Å². The molecule has 3 nitrogen and oxygen atoms in total. The molecule has 156 valence electrons. The average molecular weight is 427 g/mol. The maximum atomic E-state index is 10.5. The van der Waals surface area contributed by atoms with E-state index < -0.39 is 12.1 Å². The van der Waals surface area contributed by atoms with Gasteiger partial charge in [-0.15, -0.1) is 0 Å². The molecule has 0 radical (unpaired) electrons. The molecule has 0 amide bonds. The topological polar surface area (TPSA) is 57.5 Å². The molecule has 2 N–H and O–H groups in total. The van der Waals surface area contributed by atoms with Gasteiger partial charge in [-0.1, -0.05) is 86.4 Å². The van der Waals surface area contributed by atoms with E-state index in [1.54, 1.807) is 12.1 Å². The van der Waals surface area contributed by atoms with Crippen molar-refractivity contribution >= 4 is 35.2 Å². The minimum absolute atomic E-state index is 0.290. The lowest BCUT2D eigenvalue weighted by molar-refractivity contribution is -0.137. The number of aliphatic hydroxyl groups excluding tert-OH is 1. The van der Waals surface area contributed by atoms with Crippen LogP contribution in [0.3, 0.4) is 0 Å². The Morgan fingerprint density at radius 1 is 1.11 bits per heavy atom. The minimum atomic E-state index is -0.693. The predicted molar refractivity (Wildman–Crippen MR) is 117 cm³/mol. The van der Waals surface area contributed by atoms with E-state index in [9.17, 15) is 9.90 Å². The summed E-state index contributed by atoms with van der Waals surface area (Å²) in [5.41, 5.74) is 0.867. The Bertz CT molecular complexity index is 645. The fourth-order valence-electron chi connectivity index (χ4n) is 4.24. The molecule has 1 fully saturated rings. The van der Waals surface area contributed by atoms with E-state index in [1.807, 2.05) is 18.2 Å². The first-order chi connectivity index (χ1) is 13.5. The molecule has 1 saturated carbocycles. The first kappa shape index (κ1) is 23.3. The highest BCUT2D eigenvalue weighted by molar-refractivity contribution is 6.35. The van der Waals surface area contributed by atoms with Crippen LogP contribution in [-0.4, -0.2) is 22.3 Å². The number of carboxylic acid groups (broad SMARTS) is 1. The van der Waals surface area contributed by atoms with Crippen molar-refractivity contribution in [3.8, 4) is 0 Å². The van der Waals surface area contributed by atoms with Gasteiger partial charge in [-0.3, -0.25) is 4.79 Å². The van der Waals surface area contributed by atoms with Gasteiger partial charge in [0.2, 0.25) is 0 Å². The Morgan fingerprint density at radius 2 is 1.82 bits per heavy atom. The third-order valence-electron chi connectivity index (χ3n) is 5.83. The van der Waals surface area contributed by atoms with Crippen molar-refractivity contribution < 1.29 is 15.0 Å². The lowest BCUT2D eigenvalue weighted by Crippen LogP contribution is -2.12. The van der Waals surface area contributed by atoms with Crippen molar-refractivity contribution in [2.75, 3.05) is 0 Å². The second-order valence-electron chi connectivity index (χ2n) is 7.97. The van der Waals surface area contributed by atoms with Gasteiger partial charge in [0.1, 0.15) is 0 Å². The van der Waals surface area contributed by atoms with Crippen LogP contribution in [-0.2, 0) is 4.79 Å². The summed E-state index contributed by atoms with van der Waals surface area (Å²) < 4.78 is 0. The van der Waals surface area contributed by atoms with E-state index in [0.29, 0.717) is 22.4 Å². The molecule has 2 rings (SSSR count). The minimum Gasteiger partial charge on any atom is -0.481 e. The second kappa shape index (κ2) is 12.5. The molecule has 1 aromatic rings.